The van der Waals surface area contributed by atoms with E-state index in [1.165, 1.54) is 0 Å². The summed E-state index contributed by atoms with van der Waals surface area (Å²) in [6, 6.07) is -0.389. The van der Waals surface area contributed by atoms with Crippen molar-refractivity contribution < 1.29 is 19.4 Å². The fourth-order valence-corrected chi connectivity index (χ4v) is 2.20. The Morgan fingerprint density at radius 1 is 1.47 bits per heavy atom. The van der Waals surface area contributed by atoms with E-state index in [0.717, 1.165) is 25.9 Å². The Morgan fingerprint density at radius 2 is 2.16 bits per heavy atom. The minimum atomic E-state index is -0.911. The lowest BCUT2D eigenvalue weighted by Gasteiger charge is -2.31. The smallest absolute Gasteiger partial charge is 0.407 e. The molecular formula is C13H24N2O4. The predicted molar refractivity (Wildman–Crippen MR) is 71.0 cm³/mol. The van der Waals surface area contributed by atoms with Crippen molar-refractivity contribution in [1.29, 1.82) is 0 Å². The summed E-state index contributed by atoms with van der Waals surface area (Å²) in [6.45, 7) is 7.01. The van der Waals surface area contributed by atoms with E-state index in [-0.39, 0.29) is 18.4 Å². The molecule has 1 aliphatic heterocycles. The van der Waals surface area contributed by atoms with Gasteiger partial charge in [0, 0.05) is 6.04 Å². The zero-order chi connectivity index (χ0) is 14.5. The Morgan fingerprint density at radius 3 is 2.63 bits per heavy atom. The van der Waals surface area contributed by atoms with Crippen molar-refractivity contribution in [2.45, 2.75) is 51.7 Å². The van der Waals surface area contributed by atoms with Gasteiger partial charge in [-0.15, -0.1) is 0 Å². The average Bonchev–Trinajstić information content (AvgIpc) is 2.26. The number of carboxylic acids is 1. The number of ether oxygens (including phenoxy) is 1. The van der Waals surface area contributed by atoms with E-state index in [4.69, 9.17) is 9.84 Å². The molecule has 0 radical (unpaired) electrons. The van der Waals surface area contributed by atoms with Gasteiger partial charge in [-0.1, -0.05) is 0 Å². The highest BCUT2D eigenvalue weighted by atomic mass is 16.6. The van der Waals surface area contributed by atoms with Crippen LogP contribution in [0.1, 0.15) is 40.0 Å². The van der Waals surface area contributed by atoms with Gasteiger partial charge < -0.3 is 20.5 Å². The first kappa shape index (κ1) is 15.8. The highest BCUT2D eigenvalue weighted by Gasteiger charge is 2.28. The second kappa shape index (κ2) is 6.75. The molecule has 3 N–H and O–H groups in total. The standard InChI is InChI=1S/C13H24N2O4/c1-13(2,3)19-12(18)15-10(7-11(16)17)9-5-4-6-14-8-9/h9-10,14H,4-8H2,1-3H3,(H,15,18)(H,16,17)/t9-,10+/m0/s1. The molecule has 1 heterocycles. The Hall–Kier alpha value is -1.30. The van der Waals surface area contributed by atoms with Crippen molar-refractivity contribution in [1.82, 2.24) is 10.6 Å². The van der Waals surface area contributed by atoms with Crippen LogP contribution in [0, 0.1) is 5.92 Å². The van der Waals surface area contributed by atoms with Crippen LogP contribution in [-0.4, -0.2) is 41.9 Å². The molecule has 6 nitrogen and oxygen atoms in total. The van der Waals surface area contributed by atoms with Gasteiger partial charge >= 0.3 is 12.1 Å². The first-order valence-corrected chi connectivity index (χ1v) is 6.70. The second-order valence-electron chi connectivity index (χ2n) is 5.96. The number of rotatable bonds is 4. The quantitative estimate of drug-likeness (QED) is 0.719. The fourth-order valence-electron chi connectivity index (χ4n) is 2.20. The number of nitrogens with one attached hydrogen (secondary N) is 2. The van der Waals surface area contributed by atoms with Crippen LogP contribution in [-0.2, 0) is 9.53 Å². The number of carbonyl (C=O) groups is 2. The highest BCUT2D eigenvalue weighted by molar-refractivity contribution is 5.71. The van der Waals surface area contributed by atoms with E-state index >= 15 is 0 Å². The van der Waals surface area contributed by atoms with Gasteiger partial charge in [-0.25, -0.2) is 4.79 Å². The molecule has 0 aromatic carbocycles. The first-order chi connectivity index (χ1) is 8.78. The van der Waals surface area contributed by atoms with Crippen LogP contribution in [0.2, 0.25) is 0 Å². The molecule has 0 saturated carbocycles. The number of alkyl carbamates (subject to hydrolysis) is 1. The van der Waals surface area contributed by atoms with Gasteiger partial charge in [0.2, 0.25) is 0 Å². The molecule has 0 aliphatic carbocycles. The molecule has 0 bridgehead atoms. The number of hydrogen-bond acceptors (Lipinski definition) is 4. The third-order valence-corrected chi connectivity index (χ3v) is 3.00. The minimum Gasteiger partial charge on any atom is -0.481 e. The van der Waals surface area contributed by atoms with E-state index in [1.807, 2.05) is 0 Å². The molecule has 110 valence electrons. The van der Waals surface area contributed by atoms with Crippen molar-refractivity contribution in [3.63, 3.8) is 0 Å². The van der Waals surface area contributed by atoms with Crippen LogP contribution in [0.25, 0.3) is 0 Å². The predicted octanol–water partition coefficient (Wildman–Crippen LogP) is 1.35. The summed E-state index contributed by atoms with van der Waals surface area (Å²) in [4.78, 5) is 22.7. The molecule has 1 rings (SSSR count). The molecule has 0 unspecified atom stereocenters. The van der Waals surface area contributed by atoms with Gasteiger partial charge in [-0.3, -0.25) is 4.79 Å². The lowest BCUT2D eigenvalue weighted by molar-refractivity contribution is -0.137. The molecule has 1 amide bonds. The molecule has 2 atom stereocenters. The summed E-state index contributed by atoms with van der Waals surface area (Å²) < 4.78 is 5.18. The van der Waals surface area contributed by atoms with Gasteiger partial charge in [0.05, 0.1) is 6.42 Å². The maximum absolute atomic E-state index is 11.7. The lowest BCUT2D eigenvalue weighted by Crippen LogP contribution is -2.48. The summed E-state index contributed by atoms with van der Waals surface area (Å²) in [7, 11) is 0. The zero-order valence-electron chi connectivity index (χ0n) is 11.9. The number of carboxylic acid groups (broad SMARTS) is 1. The van der Waals surface area contributed by atoms with Gasteiger partial charge in [-0.05, 0) is 52.6 Å². The van der Waals surface area contributed by atoms with E-state index < -0.39 is 17.7 Å². The van der Waals surface area contributed by atoms with Crippen molar-refractivity contribution in [2.75, 3.05) is 13.1 Å². The highest BCUT2D eigenvalue weighted by Crippen LogP contribution is 2.18. The van der Waals surface area contributed by atoms with Gasteiger partial charge in [0.1, 0.15) is 5.60 Å². The van der Waals surface area contributed by atoms with Crippen LogP contribution in [0.4, 0.5) is 4.79 Å². The van der Waals surface area contributed by atoms with E-state index in [9.17, 15) is 9.59 Å². The monoisotopic (exact) mass is 272 g/mol. The number of carbonyl (C=O) groups excluding carboxylic acids is 1. The SMILES string of the molecule is CC(C)(C)OC(=O)N[C@H](CC(=O)O)[C@H]1CCCNC1. The average molecular weight is 272 g/mol. The number of hydrogen-bond donors (Lipinski definition) is 3. The van der Waals surface area contributed by atoms with Crippen molar-refractivity contribution in [3.05, 3.63) is 0 Å². The third kappa shape index (κ3) is 6.42. The summed E-state index contributed by atoms with van der Waals surface area (Å²) in [5.41, 5.74) is -0.581. The maximum Gasteiger partial charge on any atom is 0.407 e. The van der Waals surface area contributed by atoms with Crippen LogP contribution in [0.5, 0.6) is 0 Å². The van der Waals surface area contributed by atoms with E-state index in [0.29, 0.717) is 0 Å². The zero-order valence-corrected chi connectivity index (χ0v) is 11.9. The van der Waals surface area contributed by atoms with Crippen LogP contribution in [0.3, 0.4) is 0 Å². The Kier molecular flexibility index (Phi) is 5.60. The van der Waals surface area contributed by atoms with Gasteiger partial charge in [-0.2, -0.15) is 0 Å². The van der Waals surface area contributed by atoms with E-state index in [1.54, 1.807) is 20.8 Å². The fraction of sp³-hybridized carbons (Fsp3) is 0.846. The van der Waals surface area contributed by atoms with Crippen LogP contribution in [0.15, 0.2) is 0 Å². The number of amides is 1. The summed E-state index contributed by atoms with van der Waals surface area (Å²) in [5, 5.41) is 14.9. The Balaban J connectivity index is 2.58. The van der Waals surface area contributed by atoms with Crippen LogP contribution >= 0.6 is 0 Å². The molecule has 1 fully saturated rings. The second-order valence-corrected chi connectivity index (χ2v) is 5.96. The number of piperidine rings is 1. The largest absolute Gasteiger partial charge is 0.481 e. The molecule has 6 heteroatoms. The molecule has 0 aromatic rings. The topological polar surface area (TPSA) is 87.7 Å². The van der Waals surface area contributed by atoms with Gasteiger partial charge in [0.15, 0.2) is 0 Å². The van der Waals surface area contributed by atoms with Crippen molar-refractivity contribution in [2.24, 2.45) is 5.92 Å². The van der Waals surface area contributed by atoms with Crippen molar-refractivity contribution >= 4 is 12.1 Å². The lowest BCUT2D eigenvalue weighted by atomic mass is 9.90. The molecule has 19 heavy (non-hydrogen) atoms. The summed E-state index contributed by atoms with van der Waals surface area (Å²) in [5.74, 6) is -0.774. The normalized spacial score (nSPS) is 21.5. The molecule has 0 spiro atoms. The van der Waals surface area contributed by atoms with Gasteiger partial charge in [0.25, 0.3) is 0 Å². The molecule has 1 aliphatic rings. The number of aliphatic carboxylic acids is 1. The van der Waals surface area contributed by atoms with E-state index in [2.05, 4.69) is 10.6 Å². The Bertz CT molecular complexity index is 319. The summed E-state index contributed by atoms with van der Waals surface area (Å²) >= 11 is 0. The summed E-state index contributed by atoms with van der Waals surface area (Å²) in [6.07, 6.45) is 1.28. The Labute approximate surface area is 113 Å². The molecule has 1 saturated heterocycles. The molecular weight excluding hydrogens is 248 g/mol. The minimum absolute atomic E-state index is 0.0778. The third-order valence-electron chi connectivity index (χ3n) is 3.00. The maximum atomic E-state index is 11.7. The first-order valence-electron chi connectivity index (χ1n) is 6.70. The van der Waals surface area contributed by atoms with Crippen molar-refractivity contribution in [3.8, 4) is 0 Å². The van der Waals surface area contributed by atoms with Crippen LogP contribution < -0.4 is 10.6 Å². The molecule has 0 aromatic heterocycles.